The molecule has 0 saturated heterocycles. The number of pyridine rings is 1. The van der Waals surface area contributed by atoms with Crippen molar-refractivity contribution in [1.82, 2.24) is 23.7 Å². The highest BCUT2D eigenvalue weighted by molar-refractivity contribution is 5.81. The van der Waals surface area contributed by atoms with Crippen LogP contribution in [0.15, 0.2) is 25.2 Å². The van der Waals surface area contributed by atoms with Gasteiger partial charge in [-0.25, -0.2) is 9.59 Å². The molecule has 3 heterocycles. The molecule has 9 heteroatoms. The number of aromatic amines is 1. The van der Waals surface area contributed by atoms with Crippen LogP contribution < -0.4 is 22.5 Å². The lowest BCUT2D eigenvalue weighted by Crippen LogP contribution is -2.38. The Bertz CT molecular complexity index is 1270. The summed E-state index contributed by atoms with van der Waals surface area (Å²) in [7, 11) is 2.74. The van der Waals surface area contributed by atoms with Crippen molar-refractivity contribution in [2.24, 2.45) is 14.1 Å². The lowest BCUT2D eigenvalue weighted by Gasteiger charge is -2.17. The number of hydrogen-bond acceptors (Lipinski definition) is 5. The summed E-state index contributed by atoms with van der Waals surface area (Å²) in [5.74, 6) is 0.199. The van der Waals surface area contributed by atoms with Crippen molar-refractivity contribution < 1.29 is 0 Å². The Morgan fingerprint density at radius 2 is 1.41 bits per heavy atom. The van der Waals surface area contributed by atoms with Crippen LogP contribution in [0.1, 0.15) is 71.1 Å². The van der Waals surface area contributed by atoms with E-state index in [2.05, 4.69) is 16.9 Å². The van der Waals surface area contributed by atoms with E-state index in [0.29, 0.717) is 12.2 Å². The molecule has 3 rings (SSSR count). The molecule has 0 radical (unpaired) electrons. The largest absolute Gasteiger partial charge is 0.352 e. The van der Waals surface area contributed by atoms with Gasteiger partial charge in [-0.2, -0.15) is 4.98 Å². The van der Waals surface area contributed by atoms with Gasteiger partial charge in [0.2, 0.25) is 0 Å². The first-order valence-electron chi connectivity index (χ1n) is 11.6. The monoisotopic (exact) mass is 443 g/mol. The zero-order valence-corrected chi connectivity index (χ0v) is 19.3. The molecular weight excluding hydrogens is 410 g/mol. The number of hydrogen-bond donors (Lipinski definition) is 1. The number of unbranched alkanes of at least 4 members (excludes halogenated alkanes) is 9. The summed E-state index contributed by atoms with van der Waals surface area (Å²) < 4.78 is 3.54. The van der Waals surface area contributed by atoms with Crippen LogP contribution in [0.25, 0.3) is 22.4 Å². The van der Waals surface area contributed by atoms with Gasteiger partial charge < -0.3 is 4.57 Å². The normalized spacial score (nSPS) is 11.6. The number of nitrogens with one attached hydrogen (secondary N) is 1. The average molecular weight is 444 g/mol. The van der Waals surface area contributed by atoms with Crippen LogP contribution in [0.2, 0.25) is 0 Å². The Labute approximate surface area is 186 Å². The van der Waals surface area contributed by atoms with Crippen molar-refractivity contribution in [3.05, 3.63) is 47.7 Å². The average Bonchev–Trinajstić information content (AvgIpc) is 2.77. The molecule has 174 valence electrons. The number of rotatable bonds is 11. The van der Waals surface area contributed by atoms with Gasteiger partial charge in [0.05, 0.1) is 10.9 Å². The van der Waals surface area contributed by atoms with Crippen LogP contribution in [0.5, 0.6) is 0 Å². The molecule has 1 aromatic heterocycles. The molecule has 0 unspecified atom stereocenters. The molecule has 0 fully saturated rings. The second-order valence-electron chi connectivity index (χ2n) is 8.53. The minimum absolute atomic E-state index is 0.191. The number of aryl methyl sites for hydroxylation is 1. The highest BCUT2D eigenvalue weighted by Gasteiger charge is 2.21. The van der Waals surface area contributed by atoms with Crippen molar-refractivity contribution >= 4 is 11.0 Å². The van der Waals surface area contributed by atoms with Gasteiger partial charge in [0, 0.05) is 20.6 Å². The summed E-state index contributed by atoms with van der Waals surface area (Å²) in [6.45, 7) is 2.67. The first-order valence-corrected chi connectivity index (χ1v) is 11.6. The van der Waals surface area contributed by atoms with Gasteiger partial charge in [0.15, 0.2) is 5.82 Å². The molecule has 0 bridgehead atoms. The molecule has 32 heavy (non-hydrogen) atoms. The van der Waals surface area contributed by atoms with E-state index < -0.39 is 22.5 Å². The molecule has 2 aliphatic heterocycles. The standard InChI is InChI=1S/C23H33N5O4/c1-4-5-6-7-8-9-10-11-12-13-14-28-18-16(20(29)26(2)22(31)24-18)15-17-19(28)25-23(32)27(3)21(17)30/h15H,4-14H2,1-3H3,(H,24,31). The highest BCUT2D eigenvalue weighted by Crippen LogP contribution is 2.21. The van der Waals surface area contributed by atoms with Gasteiger partial charge >= 0.3 is 11.4 Å². The molecule has 0 atom stereocenters. The summed E-state index contributed by atoms with van der Waals surface area (Å²) >= 11 is 0. The Morgan fingerprint density at radius 3 is 2.03 bits per heavy atom. The molecule has 0 aliphatic carbocycles. The van der Waals surface area contributed by atoms with Crippen LogP contribution in [0.3, 0.4) is 0 Å². The molecule has 1 N–H and O–H groups in total. The third-order valence-corrected chi connectivity index (χ3v) is 6.13. The van der Waals surface area contributed by atoms with Gasteiger partial charge in [0.25, 0.3) is 11.1 Å². The molecule has 1 aromatic rings. The summed E-state index contributed by atoms with van der Waals surface area (Å²) in [4.78, 5) is 56.5. The van der Waals surface area contributed by atoms with E-state index in [1.807, 2.05) is 0 Å². The summed E-state index contributed by atoms with van der Waals surface area (Å²) in [6.07, 6.45) is 11.7. The maximum absolute atomic E-state index is 12.7. The first kappa shape index (κ1) is 23.7. The number of nitrogens with zero attached hydrogens (tertiary/aromatic N) is 4. The van der Waals surface area contributed by atoms with Crippen molar-refractivity contribution in [2.45, 2.75) is 77.7 Å². The van der Waals surface area contributed by atoms with E-state index in [-0.39, 0.29) is 16.8 Å². The van der Waals surface area contributed by atoms with Gasteiger partial charge in [-0.1, -0.05) is 64.7 Å². The predicted molar refractivity (Wildman–Crippen MR) is 126 cm³/mol. The SMILES string of the molecule is CCCCCCCCCCCCn1c2nc(=O)n(C)c(=O)c-2cc2c(=O)n(C)c(=O)[nH]c21. The highest BCUT2D eigenvalue weighted by atomic mass is 16.2. The summed E-state index contributed by atoms with van der Waals surface area (Å²) in [5.41, 5.74) is -1.73. The second kappa shape index (κ2) is 10.6. The topological polar surface area (TPSA) is 112 Å². The molecule has 0 saturated carbocycles. The number of H-pyrrole nitrogens is 1. The van der Waals surface area contributed by atoms with E-state index in [1.165, 1.54) is 65.1 Å². The molecule has 0 amide bonds. The van der Waals surface area contributed by atoms with Crippen LogP contribution in [-0.2, 0) is 20.6 Å². The zero-order chi connectivity index (χ0) is 23.3. The Kier molecular flexibility index (Phi) is 7.82. The zero-order valence-electron chi connectivity index (χ0n) is 19.3. The molecule has 0 spiro atoms. The van der Waals surface area contributed by atoms with Crippen LogP contribution in [0.4, 0.5) is 0 Å². The molecule has 9 nitrogen and oxygen atoms in total. The maximum Gasteiger partial charge on any atom is 0.352 e. The van der Waals surface area contributed by atoms with Crippen molar-refractivity contribution in [2.75, 3.05) is 0 Å². The van der Waals surface area contributed by atoms with E-state index >= 15 is 0 Å². The molecule has 0 aromatic carbocycles. The van der Waals surface area contributed by atoms with E-state index in [4.69, 9.17) is 0 Å². The quantitative estimate of drug-likeness (QED) is 0.361. The Morgan fingerprint density at radius 1 is 0.812 bits per heavy atom. The van der Waals surface area contributed by atoms with Gasteiger partial charge in [-0.15, -0.1) is 0 Å². The lowest BCUT2D eigenvalue weighted by molar-refractivity contribution is 0.535. The van der Waals surface area contributed by atoms with Gasteiger partial charge in [-0.05, 0) is 12.5 Å². The fraction of sp³-hybridized carbons (Fsp3) is 0.609. The Balaban J connectivity index is 1.83. The van der Waals surface area contributed by atoms with Crippen molar-refractivity contribution in [3.63, 3.8) is 0 Å². The molecule has 2 aliphatic rings. The smallest absolute Gasteiger partial charge is 0.311 e. The summed E-state index contributed by atoms with van der Waals surface area (Å²) in [5, 5.41) is 0.226. The molecular formula is C23H33N5O4. The Hall–Kier alpha value is -2.97. The predicted octanol–water partition coefficient (Wildman–Crippen LogP) is 2.51. The number of aromatic nitrogens is 5. The van der Waals surface area contributed by atoms with Crippen LogP contribution in [0, 0.1) is 0 Å². The fourth-order valence-electron chi connectivity index (χ4n) is 4.12. The third kappa shape index (κ3) is 4.92. The van der Waals surface area contributed by atoms with E-state index in [0.717, 1.165) is 28.4 Å². The van der Waals surface area contributed by atoms with Crippen molar-refractivity contribution in [3.8, 4) is 11.4 Å². The third-order valence-electron chi connectivity index (χ3n) is 6.13. The number of fused-ring (bicyclic) bond motifs is 2. The van der Waals surface area contributed by atoms with E-state index in [9.17, 15) is 19.2 Å². The minimum Gasteiger partial charge on any atom is -0.311 e. The van der Waals surface area contributed by atoms with Crippen molar-refractivity contribution in [1.29, 1.82) is 0 Å². The maximum atomic E-state index is 12.7. The fourth-order valence-corrected chi connectivity index (χ4v) is 4.12. The minimum atomic E-state index is -0.662. The van der Waals surface area contributed by atoms with E-state index in [1.54, 1.807) is 4.57 Å². The second-order valence-corrected chi connectivity index (χ2v) is 8.53. The first-order chi connectivity index (χ1) is 15.4. The van der Waals surface area contributed by atoms with Gasteiger partial charge in [-0.3, -0.25) is 23.7 Å². The summed E-state index contributed by atoms with van der Waals surface area (Å²) in [6, 6.07) is 1.42. The van der Waals surface area contributed by atoms with Crippen LogP contribution >= 0.6 is 0 Å². The lowest BCUT2D eigenvalue weighted by atomic mass is 10.1. The van der Waals surface area contributed by atoms with Gasteiger partial charge in [0.1, 0.15) is 5.65 Å². The van der Waals surface area contributed by atoms with Crippen LogP contribution in [-0.4, -0.2) is 23.7 Å².